The minimum Gasteiger partial charge on any atom is -0.393 e. The fourth-order valence-electron chi connectivity index (χ4n) is 3.53. The number of alkyl halides is 3. The highest BCUT2D eigenvalue weighted by Crippen LogP contribution is 2.35. The largest absolute Gasteiger partial charge is 0.393 e. The molecule has 0 spiro atoms. The summed E-state index contributed by atoms with van der Waals surface area (Å²) < 4.78 is 36.6. The van der Waals surface area contributed by atoms with E-state index in [-0.39, 0.29) is 12.0 Å². The quantitative estimate of drug-likeness (QED) is 0.869. The summed E-state index contributed by atoms with van der Waals surface area (Å²) in [6.45, 7) is 0.532. The van der Waals surface area contributed by atoms with Crippen molar-refractivity contribution in [3.63, 3.8) is 0 Å². The number of likely N-dealkylation sites (tertiary alicyclic amines) is 1. The van der Waals surface area contributed by atoms with E-state index in [4.69, 9.17) is 0 Å². The summed E-state index contributed by atoms with van der Waals surface area (Å²) in [5.41, 5.74) is 0. The predicted molar refractivity (Wildman–Crippen MR) is 68.0 cm³/mol. The Kier molecular flexibility index (Phi) is 4.94. The van der Waals surface area contributed by atoms with Crippen LogP contribution >= 0.6 is 0 Å². The lowest BCUT2D eigenvalue weighted by atomic mass is 9.80. The predicted octanol–water partition coefficient (Wildman–Crippen LogP) is 2.87. The maximum Gasteiger partial charge on any atom is 0.389 e. The second-order valence-corrected chi connectivity index (χ2v) is 5.93. The summed E-state index contributed by atoms with van der Waals surface area (Å²) in [6, 6.07) is -0.0639. The molecule has 2 rings (SSSR count). The van der Waals surface area contributed by atoms with Crippen LogP contribution in [0.25, 0.3) is 0 Å². The Morgan fingerprint density at radius 1 is 1.15 bits per heavy atom. The molecule has 116 valence electrons. The molecule has 1 aliphatic heterocycles. The monoisotopic (exact) mass is 293 g/mol. The number of nitrogens with zero attached hydrogens (tertiary/aromatic N) is 1. The molecule has 0 aromatic heterocycles. The van der Waals surface area contributed by atoms with Gasteiger partial charge in [0.1, 0.15) is 0 Å². The van der Waals surface area contributed by atoms with Gasteiger partial charge in [-0.25, -0.2) is 0 Å². The highest BCUT2D eigenvalue weighted by molar-refractivity contribution is 5.76. The van der Waals surface area contributed by atoms with Gasteiger partial charge < -0.3 is 10.0 Å². The van der Waals surface area contributed by atoms with Gasteiger partial charge in [0.15, 0.2) is 0 Å². The first-order valence-electron chi connectivity index (χ1n) is 7.43. The number of hydrogen-bond donors (Lipinski definition) is 1. The summed E-state index contributed by atoms with van der Waals surface area (Å²) in [7, 11) is 0. The lowest BCUT2D eigenvalue weighted by Crippen LogP contribution is -2.45. The summed E-state index contributed by atoms with van der Waals surface area (Å²) in [5.74, 6) is -0.372. The van der Waals surface area contributed by atoms with Crippen LogP contribution in [0.1, 0.15) is 51.4 Å². The summed E-state index contributed by atoms with van der Waals surface area (Å²) >= 11 is 0. The second-order valence-electron chi connectivity index (χ2n) is 5.93. The van der Waals surface area contributed by atoms with E-state index >= 15 is 0 Å². The molecule has 1 aliphatic carbocycles. The van der Waals surface area contributed by atoms with Crippen molar-refractivity contribution in [2.45, 2.75) is 69.7 Å². The van der Waals surface area contributed by atoms with Crippen molar-refractivity contribution in [2.24, 2.45) is 5.92 Å². The molecule has 1 heterocycles. The van der Waals surface area contributed by atoms with Crippen molar-refractivity contribution >= 4 is 5.91 Å². The number of aliphatic hydroxyl groups is 1. The van der Waals surface area contributed by atoms with Crippen LogP contribution in [0.15, 0.2) is 0 Å². The highest BCUT2D eigenvalue weighted by Gasteiger charge is 2.39. The zero-order valence-corrected chi connectivity index (χ0v) is 11.5. The molecule has 0 aromatic rings. The minimum atomic E-state index is -4.28. The Labute approximate surface area is 117 Å². The molecule has 0 bridgehead atoms. The van der Waals surface area contributed by atoms with Crippen molar-refractivity contribution < 1.29 is 23.1 Å². The van der Waals surface area contributed by atoms with Gasteiger partial charge in [0.25, 0.3) is 0 Å². The number of amides is 1. The normalized spacial score (nSPS) is 31.6. The molecule has 0 unspecified atom stereocenters. The van der Waals surface area contributed by atoms with E-state index in [1.54, 1.807) is 4.90 Å². The summed E-state index contributed by atoms with van der Waals surface area (Å²) in [5, 5.41) is 10.1. The molecule has 20 heavy (non-hydrogen) atoms. The molecular formula is C14H22F3NO2. The maximum atomic E-state index is 12.2. The molecule has 3 atom stereocenters. The van der Waals surface area contributed by atoms with E-state index in [1.165, 1.54) is 0 Å². The van der Waals surface area contributed by atoms with Crippen molar-refractivity contribution in [3.8, 4) is 0 Å². The Bertz CT molecular complexity index is 346. The Balaban J connectivity index is 1.94. The lowest BCUT2D eigenvalue weighted by molar-refractivity contribution is -0.150. The first-order chi connectivity index (χ1) is 9.38. The first kappa shape index (κ1) is 15.6. The van der Waals surface area contributed by atoms with Gasteiger partial charge in [-0.05, 0) is 25.7 Å². The van der Waals surface area contributed by atoms with Crippen LogP contribution in [-0.4, -0.2) is 40.8 Å². The third-order valence-corrected chi connectivity index (χ3v) is 4.52. The van der Waals surface area contributed by atoms with Crippen LogP contribution in [0, 0.1) is 5.92 Å². The maximum absolute atomic E-state index is 12.2. The van der Waals surface area contributed by atoms with Gasteiger partial charge >= 0.3 is 6.18 Å². The van der Waals surface area contributed by atoms with Crippen molar-refractivity contribution in [2.75, 3.05) is 6.54 Å². The molecular weight excluding hydrogens is 271 g/mol. The number of carbonyl (C=O) groups is 1. The van der Waals surface area contributed by atoms with E-state index in [9.17, 15) is 23.1 Å². The summed E-state index contributed by atoms with van der Waals surface area (Å²) in [4.78, 5) is 13.6. The van der Waals surface area contributed by atoms with Crippen molar-refractivity contribution in [1.82, 2.24) is 4.90 Å². The number of hydrogen-bond acceptors (Lipinski definition) is 2. The topological polar surface area (TPSA) is 40.5 Å². The van der Waals surface area contributed by atoms with Gasteiger partial charge in [-0.1, -0.05) is 12.8 Å². The molecule has 0 radical (unpaired) electrons. The third-order valence-electron chi connectivity index (χ3n) is 4.52. The number of carbonyl (C=O) groups excluding carboxylic acids is 1. The minimum absolute atomic E-state index is 0.0427. The van der Waals surface area contributed by atoms with Crippen molar-refractivity contribution in [3.05, 3.63) is 0 Å². The van der Waals surface area contributed by atoms with Gasteiger partial charge in [-0.3, -0.25) is 4.79 Å². The van der Waals surface area contributed by atoms with Crippen LogP contribution in [0.4, 0.5) is 13.2 Å². The average molecular weight is 293 g/mol. The van der Waals surface area contributed by atoms with E-state index in [0.29, 0.717) is 6.54 Å². The standard InChI is InChI=1S/C14H22F3NO2/c15-14(16,17)8-7-13(20)18-9-3-5-11(18)10-4-1-2-6-12(10)19/h10-12,19H,1-9H2/t10-,11+,12-/m0/s1. The Morgan fingerprint density at radius 2 is 1.85 bits per heavy atom. The van der Waals surface area contributed by atoms with Crippen LogP contribution in [0.5, 0.6) is 0 Å². The SMILES string of the molecule is O=C(CCC(F)(F)F)N1CCC[C@@H]1[C@@H]1CCCC[C@@H]1O. The van der Waals surface area contributed by atoms with Crippen LogP contribution in [-0.2, 0) is 4.79 Å². The number of halogens is 3. The second kappa shape index (κ2) is 6.33. The first-order valence-corrected chi connectivity index (χ1v) is 7.43. The van der Waals surface area contributed by atoms with Crippen LogP contribution in [0.2, 0.25) is 0 Å². The van der Waals surface area contributed by atoms with Crippen LogP contribution in [0.3, 0.4) is 0 Å². The molecule has 1 N–H and O–H groups in total. The molecule has 2 fully saturated rings. The molecule has 6 heteroatoms. The molecule has 0 aromatic carbocycles. The molecule has 1 saturated heterocycles. The number of rotatable bonds is 3. The highest BCUT2D eigenvalue weighted by atomic mass is 19.4. The van der Waals surface area contributed by atoms with Gasteiger partial charge in [-0.2, -0.15) is 13.2 Å². The third kappa shape index (κ3) is 3.87. The Hall–Kier alpha value is -0.780. The van der Waals surface area contributed by atoms with Gasteiger partial charge in [0, 0.05) is 24.9 Å². The molecule has 2 aliphatic rings. The van der Waals surface area contributed by atoms with E-state index in [0.717, 1.165) is 38.5 Å². The van der Waals surface area contributed by atoms with E-state index in [2.05, 4.69) is 0 Å². The van der Waals surface area contributed by atoms with Gasteiger partial charge in [-0.15, -0.1) is 0 Å². The van der Waals surface area contributed by atoms with Crippen molar-refractivity contribution in [1.29, 1.82) is 0 Å². The van der Waals surface area contributed by atoms with Crippen LogP contribution < -0.4 is 0 Å². The zero-order valence-electron chi connectivity index (χ0n) is 11.5. The van der Waals surface area contributed by atoms with E-state index in [1.807, 2.05) is 0 Å². The molecule has 1 amide bonds. The lowest BCUT2D eigenvalue weighted by Gasteiger charge is -2.37. The Morgan fingerprint density at radius 3 is 2.50 bits per heavy atom. The fourth-order valence-corrected chi connectivity index (χ4v) is 3.53. The molecule has 1 saturated carbocycles. The fraction of sp³-hybridized carbons (Fsp3) is 0.929. The number of aliphatic hydroxyl groups excluding tert-OH is 1. The zero-order chi connectivity index (χ0) is 14.8. The molecule has 3 nitrogen and oxygen atoms in total. The van der Waals surface area contributed by atoms with E-state index < -0.39 is 31.0 Å². The van der Waals surface area contributed by atoms with Gasteiger partial charge in [0.05, 0.1) is 12.5 Å². The average Bonchev–Trinajstić information content (AvgIpc) is 2.84. The summed E-state index contributed by atoms with van der Waals surface area (Å²) in [6.07, 6.45) is -0.953. The smallest absolute Gasteiger partial charge is 0.389 e. The van der Waals surface area contributed by atoms with Gasteiger partial charge in [0.2, 0.25) is 5.91 Å².